The van der Waals surface area contributed by atoms with Crippen LogP contribution in [0.3, 0.4) is 0 Å². The minimum absolute atomic E-state index is 0.816. The molecule has 0 aliphatic heterocycles. The maximum absolute atomic E-state index is 5.84. The molecule has 0 saturated heterocycles. The molecule has 1 aromatic rings. The highest BCUT2D eigenvalue weighted by molar-refractivity contribution is 7.98. The summed E-state index contributed by atoms with van der Waals surface area (Å²) in [4.78, 5) is 0. The van der Waals surface area contributed by atoms with Crippen molar-refractivity contribution in [3.63, 3.8) is 0 Å². The van der Waals surface area contributed by atoms with Crippen LogP contribution in [0.25, 0.3) is 0 Å². The molecule has 1 nitrogen and oxygen atoms in total. The van der Waals surface area contributed by atoms with Gasteiger partial charge in [0.15, 0.2) is 0 Å². The van der Waals surface area contributed by atoms with Gasteiger partial charge in [0, 0.05) is 23.1 Å². The molecular formula is C14H22ClNS. The number of halogens is 1. The Morgan fingerprint density at radius 1 is 1.12 bits per heavy atom. The summed E-state index contributed by atoms with van der Waals surface area (Å²) in [5.74, 6) is 2.25. The van der Waals surface area contributed by atoms with Crippen molar-refractivity contribution in [2.75, 3.05) is 18.8 Å². The van der Waals surface area contributed by atoms with Crippen molar-refractivity contribution in [3.8, 4) is 0 Å². The van der Waals surface area contributed by atoms with E-state index in [4.69, 9.17) is 11.6 Å². The highest BCUT2D eigenvalue weighted by Gasteiger charge is 1.94. The van der Waals surface area contributed by atoms with E-state index >= 15 is 0 Å². The van der Waals surface area contributed by atoms with Crippen LogP contribution in [-0.4, -0.2) is 18.8 Å². The first-order chi connectivity index (χ1) is 8.33. The lowest BCUT2D eigenvalue weighted by Crippen LogP contribution is -2.18. The molecule has 96 valence electrons. The number of rotatable bonds is 9. The molecule has 0 aromatic heterocycles. The van der Waals surface area contributed by atoms with Crippen molar-refractivity contribution in [3.05, 3.63) is 34.9 Å². The first-order valence-corrected chi connectivity index (χ1v) is 7.89. The van der Waals surface area contributed by atoms with Crippen molar-refractivity contribution >= 4 is 23.4 Å². The zero-order chi connectivity index (χ0) is 12.3. The zero-order valence-electron chi connectivity index (χ0n) is 10.5. The molecule has 0 amide bonds. The van der Waals surface area contributed by atoms with Gasteiger partial charge in [-0.3, -0.25) is 0 Å². The number of unbranched alkanes of at least 4 members (excludes halogenated alkanes) is 2. The number of benzene rings is 1. The molecule has 0 spiro atoms. The summed E-state index contributed by atoms with van der Waals surface area (Å²) in [6.45, 7) is 4.51. The maximum atomic E-state index is 5.84. The largest absolute Gasteiger partial charge is 0.316 e. The van der Waals surface area contributed by atoms with Gasteiger partial charge < -0.3 is 5.32 Å². The molecule has 3 heteroatoms. The van der Waals surface area contributed by atoms with Crippen molar-refractivity contribution in [1.29, 1.82) is 0 Å². The van der Waals surface area contributed by atoms with Crippen LogP contribution in [0.2, 0.25) is 5.02 Å². The maximum Gasteiger partial charge on any atom is 0.0406 e. The number of hydrogen-bond acceptors (Lipinski definition) is 2. The van der Waals surface area contributed by atoms with Crippen molar-refractivity contribution < 1.29 is 0 Å². The van der Waals surface area contributed by atoms with Gasteiger partial charge in [0.25, 0.3) is 0 Å². The standard InChI is InChI=1S/C14H22ClNS/c1-2-3-4-9-16-10-11-17-12-13-5-7-14(15)8-6-13/h5-8,16H,2-4,9-12H2,1H3. The Hall–Kier alpha value is -0.180. The normalized spacial score (nSPS) is 10.7. The van der Waals surface area contributed by atoms with Gasteiger partial charge in [0.2, 0.25) is 0 Å². The number of nitrogens with one attached hydrogen (secondary N) is 1. The number of thioether (sulfide) groups is 1. The lowest BCUT2D eigenvalue weighted by molar-refractivity contribution is 0.636. The first-order valence-electron chi connectivity index (χ1n) is 6.36. The Morgan fingerprint density at radius 3 is 2.59 bits per heavy atom. The Labute approximate surface area is 114 Å². The average molecular weight is 272 g/mol. The zero-order valence-corrected chi connectivity index (χ0v) is 12.1. The van der Waals surface area contributed by atoms with Crippen LogP contribution >= 0.6 is 23.4 Å². The van der Waals surface area contributed by atoms with Gasteiger partial charge in [-0.05, 0) is 30.7 Å². The van der Waals surface area contributed by atoms with E-state index < -0.39 is 0 Å². The SMILES string of the molecule is CCCCCNCCSCc1ccc(Cl)cc1. The second-order valence-electron chi connectivity index (χ2n) is 4.14. The van der Waals surface area contributed by atoms with Gasteiger partial charge in [-0.1, -0.05) is 43.5 Å². The molecule has 1 rings (SSSR count). The van der Waals surface area contributed by atoms with E-state index in [-0.39, 0.29) is 0 Å². The third-order valence-corrected chi connectivity index (χ3v) is 3.84. The summed E-state index contributed by atoms with van der Waals surface area (Å²) in [5, 5.41) is 4.29. The van der Waals surface area contributed by atoms with Gasteiger partial charge in [-0.2, -0.15) is 11.8 Å². The second-order valence-corrected chi connectivity index (χ2v) is 5.68. The van der Waals surface area contributed by atoms with Crippen LogP contribution in [0.4, 0.5) is 0 Å². The van der Waals surface area contributed by atoms with Crippen molar-refractivity contribution in [2.45, 2.75) is 31.9 Å². The first kappa shape index (κ1) is 14.9. The van der Waals surface area contributed by atoms with Gasteiger partial charge in [-0.25, -0.2) is 0 Å². The van der Waals surface area contributed by atoms with Crippen LogP contribution in [0.1, 0.15) is 31.7 Å². The lowest BCUT2D eigenvalue weighted by atomic mass is 10.2. The molecule has 1 aromatic carbocycles. The minimum Gasteiger partial charge on any atom is -0.316 e. The summed E-state index contributed by atoms with van der Waals surface area (Å²) in [6, 6.07) is 8.12. The van der Waals surface area contributed by atoms with E-state index in [0.717, 1.165) is 23.9 Å². The van der Waals surface area contributed by atoms with Crippen molar-refractivity contribution in [2.24, 2.45) is 0 Å². The minimum atomic E-state index is 0.816. The second kappa shape index (κ2) is 9.81. The van der Waals surface area contributed by atoms with Gasteiger partial charge in [-0.15, -0.1) is 0 Å². The van der Waals surface area contributed by atoms with E-state index in [1.54, 1.807) is 0 Å². The molecule has 0 aliphatic carbocycles. The molecule has 0 fully saturated rings. The Morgan fingerprint density at radius 2 is 1.88 bits per heavy atom. The van der Waals surface area contributed by atoms with Crippen LogP contribution in [0.15, 0.2) is 24.3 Å². The van der Waals surface area contributed by atoms with E-state index in [0.29, 0.717) is 0 Å². The van der Waals surface area contributed by atoms with Crippen LogP contribution < -0.4 is 5.32 Å². The summed E-state index contributed by atoms with van der Waals surface area (Å²) in [7, 11) is 0. The third kappa shape index (κ3) is 7.69. The summed E-state index contributed by atoms with van der Waals surface area (Å²) in [5.41, 5.74) is 1.35. The van der Waals surface area contributed by atoms with Gasteiger partial charge >= 0.3 is 0 Å². The number of hydrogen-bond donors (Lipinski definition) is 1. The Balaban J connectivity index is 1.95. The predicted octanol–water partition coefficient (Wildman–Crippen LogP) is 4.35. The summed E-state index contributed by atoms with van der Waals surface area (Å²) < 4.78 is 0. The van der Waals surface area contributed by atoms with Crippen molar-refractivity contribution in [1.82, 2.24) is 5.32 Å². The molecule has 17 heavy (non-hydrogen) atoms. The monoisotopic (exact) mass is 271 g/mol. The Kier molecular flexibility index (Phi) is 8.59. The molecule has 0 bridgehead atoms. The topological polar surface area (TPSA) is 12.0 Å². The highest BCUT2D eigenvalue weighted by Crippen LogP contribution is 2.14. The summed E-state index contributed by atoms with van der Waals surface area (Å²) >= 11 is 7.81. The quantitative estimate of drug-likeness (QED) is 0.670. The molecule has 0 radical (unpaired) electrons. The van der Waals surface area contributed by atoms with Gasteiger partial charge in [0.1, 0.15) is 0 Å². The molecule has 0 unspecified atom stereocenters. The van der Waals surface area contributed by atoms with E-state index in [1.807, 2.05) is 23.9 Å². The van der Waals surface area contributed by atoms with Gasteiger partial charge in [0.05, 0.1) is 0 Å². The fourth-order valence-corrected chi connectivity index (χ4v) is 2.53. The fraction of sp³-hybridized carbons (Fsp3) is 0.571. The molecule has 0 saturated carbocycles. The molecule has 0 aliphatic rings. The highest BCUT2D eigenvalue weighted by atomic mass is 35.5. The average Bonchev–Trinajstić information content (AvgIpc) is 2.35. The van der Waals surface area contributed by atoms with E-state index in [2.05, 4.69) is 24.4 Å². The van der Waals surface area contributed by atoms with E-state index in [9.17, 15) is 0 Å². The molecular weight excluding hydrogens is 250 g/mol. The van der Waals surface area contributed by atoms with Crippen LogP contribution in [0.5, 0.6) is 0 Å². The summed E-state index contributed by atoms with van der Waals surface area (Å²) in [6.07, 6.45) is 3.94. The molecule has 1 N–H and O–H groups in total. The third-order valence-electron chi connectivity index (χ3n) is 2.56. The van der Waals surface area contributed by atoms with Crippen LogP contribution in [-0.2, 0) is 5.75 Å². The smallest absolute Gasteiger partial charge is 0.0406 e. The van der Waals surface area contributed by atoms with Crippen LogP contribution in [0, 0.1) is 0 Å². The lowest BCUT2D eigenvalue weighted by Gasteiger charge is -2.04. The predicted molar refractivity (Wildman–Crippen MR) is 80.0 cm³/mol. The molecule has 0 heterocycles. The molecule has 0 atom stereocenters. The Bertz CT molecular complexity index is 287. The van der Waals surface area contributed by atoms with E-state index in [1.165, 1.54) is 30.6 Å². The fourth-order valence-electron chi connectivity index (χ4n) is 1.54.